The van der Waals surface area contributed by atoms with Gasteiger partial charge in [0.15, 0.2) is 0 Å². The lowest BCUT2D eigenvalue weighted by Crippen LogP contribution is -2.32. The molecule has 0 aromatic heterocycles. The van der Waals surface area contributed by atoms with Crippen molar-refractivity contribution in [3.05, 3.63) is 54.1 Å². The van der Waals surface area contributed by atoms with Crippen molar-refractivity contribution >= 4 is 35.1 Å². The first-order valence-electron chi connectivity index (χ1n) is 12.0. The number of anilines is 2. The zero-order chi connectivity index (χ0) is 23.6. The summed E-state index contributed by atoms with van der Waals surface area (Å²) in [4.78, 5) is 54.2. The van der Waals surface area contributed by atoms with Gasteiger partial charge in [0.25, 0.3) is 0 Å². The number of benzene rings is 2. The Morgan fingerprint density at radius 3 is 2.24 bits per heavy atom. The molecular formula is C27H26N2O5. The van der Waals surface area contributed by atoms with Crippen LogP contribution in [0.1, 0.15) is 31.2 Å². The summed E-state index contributed by atoms with van der Waals surface area (Å²) in [6.45, 7) is 2.24. The normalized spacial score (nSPS) is 29.8. The Bertz CT molecular complexity index is 1180. The summed E-state index contributed by atoms with van der Waals surface area (Å²) < 4.78 is 5.54. The molecule has 34 heavy (non-hydrogen) atoms. The van der Waals surface area contributed by atoms with Gasteiger partial charge >= 0.3 is 5.97 Å². The first-order chi connectivity index (χ1) is 16.4. The molecule has 2 saturated carbocycles. The van der Waals surface area contributed by atoms with Crippen LogP contribution >= 0.6 is 0 Å². The summed E-state index contributed by atoms with van der Waals surface area (Å²) >= 11 is 0. The quantitative estimate of drug-likeness (QED) is 0.398. The van der Waals surface area contributed by atoms with Crippen LogP contribution in [0.5, 0.6) is 5.75 Å². The summed E-state index contributed by atoms with van der Waals surface area (Å²) in [5.41, 5.74) is 2.34. The molecule has 174 valence electrons. The fourth-order valence-electron chi connectivity index (χ4n) is 6.44. The lowest BCUT2D eigenvalue weighted by Gasteiger charge is -2.19. The molecule has 2 aromatic rings. The van der Waals surface area contributed by atoms with Crippen LogP contribution in [0.25, 0.3) is 0 Å². The minimum Gasteiger partial charge on any atom is -0.426 e. The van der Waals surface area contributed by atoms with Gasteiger partial charge in [0, 0.05) is 18.7 Å². The number of ether oxygens (including phenoxy) is 1. The number of rotatable bonds is 4. The maximum atomic E-state index is 13.0. The molecule has 2 saturated heterocycles. The second-order valence-electron chi connectivity index (χ2n) is 10.1. The summed E-state index contributed by atoms with van der Waals surface area (Å²) in [5.74, 6) is -0.626. The van der Waals surface area contributed by atoms with Crippen molar-refractivity contribution in [2.24, 2.45) is 29.6 Å². The van der Waals surface area contributed by atoms with Crippen LogP contribution < -0.4 is 14.5 Å². The third-order valence-electron chi connectivity index (χ3n) is 8.01. The van der Waals surface area contributed by atoms with Gasteiger partial charge in [-0.15, -0.1) is 0 Å². The molecule has 5 atom stereocenters. The zero-order valence-electron chi connectivity index (χ0n) is 19.0. The van der Waals surface area contributed by atoms with E-state index in [9.17, 15) is 19.2 Å². The fourth-order valence-corrected chi connectivity index (χ4v) is 6.44. The first kappa shape index (κ1) is 21.1. The highest BCUT2D eigenvalue weighted by Crippen LogP contribution is 2.56. The van der Waals surface area contributed by atoms with E-state index in [0.717, 1.165) is 30.5 Å². The molecule has 2 aliphatic carbocycles. The Hall–Kier alpha value is -3.48. The van der Waals surface area contributed by atoms with Gasteiger partial charge in [-0.2, -0.15) is 0 Å². The average Bonchev–Trinajstić information content (AvgIpc) is 3.58. The van der Waals surface area contributed by atoms with Crippen LogP contribution in [-0.4, -0.2) is 30.2 Å². The number of hydrogen-bond donors (Lipinski definition) is 0. The number of hydrogen-bond acceptors (Lipinski definition) is 5. The van der Waals surface area contributed by atoms with Crippen molar-refractivity contribution < 1.29 is 23.9 Å². The monoisotopic (exact) mass is 458 g/mol. The molecule has 2 bridgehead atoms. The fraction of sp³-hybridized carbons (Fsp3) is 0.407. The van der Waals surface area contributed by atoms with E-state index in [1.54, 1.807) is 29.2 Å². The van der Waals surface area contributed by atoms with E-state index < -0.39 is 11.9 Å². The minimum absolute atomic E-state index is 0.0901. The third kappa shape index (κ3) is 3.25. The van der Waals surface area contributed by atoms with Crippen molar-refractivity contribution in [3.8, 4) is 5.75 Å². The molecule has 2 heterocycles. The van der Waals surface area contributed by atoms with E-state index in [1.807, 2.05) is 31.2 Å². The number of esters is 1. The van der Waals surface area contributed by atoms with E-state index in [-0.39, 0.29) is 42.5 Å². The Morgan fingerprint density at radius 2 is 1.59 bits per heavy atom. The first-order valence-corrected chi connectivity index (χ1v) is 12.0. The minimum atomic E-state index is -0.552. The Kier molecular flexibility index (Phi) is 4.83. The summed E-state index contributed by atoms with van der Waals surface area (Å²) in [6, 6.07) is 14.1. The van der Waals surface area contributed by atoms with Crippen LogP contribution in [0.15, 0.2) is 48.5 Å². The molecular weight excluding hydrogens is 432 g/mol. The zero-order valence-corrected chi connectivity index (χ0v) is 19.0. The molecule has 3 amide bonds. The molecule has 0 N–H and O–H groups in total. The summed E-state index contributed by atoms with van der Waals surface area (Å²) in [6.07, 6.45) is 3.18. The van der Waals surface area contributed by atoms with Gasteiger partial charge in [-0.05, 0) is 80.0 Å². The highest BCUT2D eigenvalue weighted by molar-refractivity contribution is 6.22. The maximum absolute atomic E-state index is 13.0. The van der Waals surface area contributed by atoms with Crippen molar-refractivity contribution in [2.45, 2.75) is 32.6 Å². The maximum Gasteiger partial charge on any atom is 0.316 e. The van der Waals surface area contributed by atoms with Crippen molar-refractivity contribution in [1.29, 1.82) is 0 Å². The van der Waals surface area contributed by atoms with Gasteiger partial charge in [-0.25, -0.2) is 0 Å². The molecule has 4 aliphatic rings. The SMILES string of the molecule is Cc1cccc(N2C[C@H](C(=O)Oc3ccc(N4C(=O)[C@@H]5[C@@H]6CC[C@@H](C6)[C@@H]5C4=O)cc3)CC2=O)c1. The van der Waals surface area contributed by atoms with E-state index in [1.165, 1.54) is 4.90 Å². The van der Waals surface area contributed by atoms with Crippen LogP contribution in [-0.2, 0) is 19.2 Å². The van der Waals surface area contributed by atoms with E-state index >= 15 is 0 Å². The van der Waals surface area contributed by atoms with Crippen LogP contribution in [0, 0.1) is 36.5 Å². The van der Waals surface area contributed by atoms with E-state index in [0.29, 0.717) is 23.3 Å². The molecule has 2 aliphatic heterocycles. The lowest BCUT2D eigenvalue weighted by molar-refractivity contribution is -0.139. The predicted molar refractivity (Wildman–Crippen MR) is 124 cm³/mol. The van der Waals surface area contributed by atoms with Gasteiger partial charge in [0.05, 0.1) is 23.4 Å². The molecule has 0 radical (unpaired) electrons. The highest BCUT2D eigenvalue weighted by Gasteiger charge is 2.61. The summed E-state index contributed by atoms with van der Waals surface area (Å²) in [7, 11) is 0. The van der Waals surface area contributed by atoms with Gasteiger partial charge < -0.3 is 9.64 Å². The Labute approximate surface area is 197 Å². The number of amides is 3. The van der Waals surface area contributed by atoms with Gasteiger partial charge in [-0.3, -0.25) is 24.1 Å². The molecule has 7 heteroatoms. The number of carbonyl (C=O) groups is 4. The van der Waals surface area contributed by atoms with Gasteiger partial charge in [0.2, 0.25) is 17.7 Å². The number of fused-ring (bicyclic) bond motifs is 5. The molecule has 4 fully saturated rings. The second-order valence-corrected chi connectivity index (χ2v) is 10.1. The van der Waals surface area contributed by atoms with Gasteiger partial charge in [0.1, 0.15) is 5.75 Å². The third-order valence-corrected chi connectivity index (χ3v) is 8.01. The van der Waals surface area contributed by atoms with Crippen molar-refractivity contribution in [3.63, 3.8) is 0 Å². The molecule has 0 spiro atoms. The van der Waals surface area contributed by atoms with E-state index in [2.05, 4.69) is 0 Å². The van der Waals surface area contributed by atoms with Crippen LogP contribution in [0.4, 0.5) is 11.4 Å². The number of imide groups is 1. The smallest absolute Gasteiger partial charge is 0.316 e. The van der Waals surface area contributed by atoms with Gasteiger partial charge in [-0.1, -0.05) is 12.1 Å². The number of nitrogens with zero attached hydrogens (tertiary/aromatic N) is 2. The molecule has 7 nitrogen and oxygen atoms in total. The largest absolute Gasteiger partial charge is 0.426 e. The van der Waals surface area contributed by atoms with Crippen molar-refractivity contribution in [2.75, 3.05) is 16.3 Å². The molecule has 0 unspecified atom stereocenters. The van der Waals surface area contributed by atoms with Crippen LogP contribution in [0.3, 0.4) is 0 Å². The highest BCUT2D eigenvalue weighted by atomic mass is 16.5. The van der Waals surface area contributed by atoms with E-state index in [4.69, 9.17) is 4.74 Å². The average molecular weight is 459 g/mol. The Balaban J connectivity index is 1.12. The topological polar surface area (TPSA) is 84.0 Å². The number of aryl methyl sites for hydroxylation is 1. The lowest BCUT2D eigenvalue weighted by atomic mass is 9.81. The standard InChI is InChI=1S/C27H26N2O5/c1-15-3-2-4-20(11-15)28-14-18(13-22(28)30)27(33)34-21-9-7-19(8-10-21)29-25(31)23-16-5-6-17(12-16)24(23)26(29)32/h2-4,7-11,16-18,23-24H,5-6,12-14H2,1H3/t16-,17+,18-,23-,24+/m1/s1. The second kappa shape index (κ2) is 7.79. The Morgan fingerprint density at radius 1 is 0.912 bits per heavy atom. The summed E-state index contributed by atoms with van der Waals surface area (Å²) in [5, 5.41) is 0. The molecule has 2 aromatic carbocycles. The molecule has 6 rings (SSSR count). The number of carbonyl (C=O) groups excluding carboxylic acids is 4. The predicted octanol–water partition coefficient (Wildman–Crippen LogP) is 3.49. The van der Waals surface area contributed by atoms with Crippen LogP contribution in [0.2, 0.25) is 0 Å². The van der Waals surface area contributed by atoms with Crippen molar-refractivity contribution in [1.82, 2.24) is 0 Å².